The molecule has 2 aromatic carbocycles. The van der Waals surface area contributed by atoms with Gasteiger partial charge in [0.2, 0.25) is 0 Å². The molecule has 0 amide bonds. The quantitative estimate of drug-likeness (QED) is 0.297. The summed E-state index contributed by atoms with van der Waals surface area (Å²) < 4.78 is 42.6. The number of carboxylic acids is 1. The number of sulfonamides is 1. The molecule has 1 atom stereocenters. The molecule has 5 rings (SSSR count). The van der Waals surface area contributed by atoms with Gasteiger partial charge in [-0.1, -0.05) is 44.0 Å². The first-order valence-electron chi connectivity index (χ1n) is 13.0. The third-order valence-electron chi connectivity index (χ3n) is 6.99. The highest BCUT2D eigenvalue weighted by molar-refractivity contribution is 7.93. The maximum Gasteiger partial charge on any atom is 0.328 e. The minimum atomic E-state index is -4.43. The average molecular weight is 651 g/mol. The molecule has 1 N–H and O–H groups in total. The lowest BCUT2D eigenvalue weighted by molar-refractivity contribution is -0.140. The van der Waals surface area contributed by atoms with Gasteiger partial charge in [0.05, 0.1) is 16.1 Å². The fourth-order valence-corrected chi connectivity index (χ4v) is 8.55. The van der Waals surface area contributed by atoms with Gasteiger partial charge in [-0.15, -0.1) is 10.2 Å². The molecule has 0 saturated carbocycles. The summed E-state index contributed by atoms with van der Waals surface area (Å²) in [5.41, 5.74) is -0.0920. The van der Waals surface area contributed by atoms with Gasteiger partial charge in [-0.3, -0.25) is 13.1 Å². The highest BCUT2D eigenvalue weighted by Crippen LogP contribution is 2.37. The van der Waals surface area contributed by atoms with Crippen LogP contribution in [0.5, 0.6) is 0 Å². The van der Waals surface area contributed by atoms with Gasteiger partial charge in [-0.2, -0.15) is 0 Å². The van der Waals surface area contributed by atoms with E-state index in [-0.39, 0.29) is 20.6 Å². The monoisotopic (exact) mass is 649 g/mol. The highest BCUT2D eigenvalue weighted by atomic mass is 35.5. The van der Waals surface area contributed by atoms with E-state index in [2.05, 4.69) is 15.1 Å². The van der Waals surface area contributed by atoms with Gasteiger partial charge >= 0.3 is 5.97 Å². The normalized spacial score (nSPS) is 15.6. The van der Waals surface area contributed by atoms with Gasteiger partial charge in [-0.25, -0.2) is 13.2 Å². The van der Waals surface area contributed by atoms with Crippen LogP contribution in [0.15, 0.2) is 65.7 Å². The third-order valence-corrected chi connectivity index (χ3v) is 10.5. The van der Waals surface area contributed by atoms with Crippen molar-refractivity contribution in [1.82, 2.24) is 14.8 Å². The lowest BCUT2D eigenvalue weighted by atomic mass is 9.86. The number of fused-ring (bicyclic) bond motifs is 1. The number of carbonyl (C=O) groups is 1. The molecule has 2 aromatic heterocycles. The Labute approximate surface area is 256 Å². The smallest absolute Gasteiger partial charge is 0.328 e. The number of nitrogens with zero attached hydrogens (tertiary/aromatic N) is 5. The number of anilines is 2. The SMILES string of the molecule is CC(C)(C)C(C(=O)O)N(c1ccc2c(ccn2-c2ccc(N3CCS(=O)CC3)nn2)c1)S(=O)(=O)c1cc(Cl)cc(Cl)c1. The molecule has 1 aliphatic heterocycles. The van der Waals surface area contributed by atoms with Crippen LogP contribution in [0.4, 0.5) is 11.5 Å². The highest BCUT2D eigenvalue weighted by Gasteiger charge is 2.43. The molecule has 3 heterocycles. The summed E-state index contributed by atoms with van der Waals surface area (Å²) in [7, 11) is -5.22. The van der Waals surface area contributed by atoms with Crippen LogP contribution in [-0.4, -0.2) is 69.1 Å². The Morgan fingerprint density at radius 3 is 2.17 bits per heavy atom. The zero-order chi connectivity index (χ0) is 30.4. The summed E-state index contributed by atoms with van der Waals surface area (Å²) in [4.78, 5) is 14.4. The summed E-state index contributed by atoms with van der Waals surface area (Å²) in [5, 5.41) is 19.9. The van der Waals surface area contributed by atoms with E-state index in [4.69, 9.17) is 23.2 Å². The van der Waals surface area contributed by atoms with Gasteiger partial charge in [0.15, 0.2) is 11.6 Å². The van der Waals surface area contributed by atoms with E-state index in [1.807, 2.05) is 16.7 Å². The summed E-state index contributed by atoms with van der Waals surface area (Å²) in [5.74, 6) is 1.16. The molecule has 222 valence electrons. The second kappa shape index (κ2) is 11.5. The van der Waals surface area contributed by atoms with Gasteiger partial charge in [0, 0.05) is 57.0 Å². The summed E-state index contributed by atoms with van der Waals surface area (Å²) in [6.07, 6.45) is 1.79. The van der Waals surface area contributed by atoms with Crippen LogP contribution < -0.4 is 9.21 Å². The number of hydrogen-bond donors (Lipinski definition) is 1. The van der Waals surface area contributed by atoms with Gasteiger partial charge < -0.3 is 10.0 Å². The van der Waals surface area contributed by atoms with Crippen LogP contribution in [0.1, 0.15) is 20.8 Å². The molecule has 0 bridgehead atoms. The van der Waals surface area contributed by atoms with Crippen molar-refractivity contribution < 1.29 is 22.5 Å². The number of halogens is 2. The topological polar surface area (TPSA) is 126 Å². The molecule has 0 aliphatic carbocycles. The van der Waals surface area contributed by atoms with Crippen LogP contribution in [0, 0.1) is 5.41 Å². The fraction of sp³-hybridized carbons (Fsp3) is 0.321. The van der Waals surface area contributed by atoms with Crippen molar-refractivity contribution in [2.75, 3.05) is 33.8 Å². The maximum atomic E-state index is 14.1. The Morgan fingerprint density at radius 1 is 0.976 bits per heavy atom. The van der Waals surface area contributed by atoms with E-state index in [1.165, 1.54) is 18.2 Å². The zero-order valence-corrected chi connectivity index (χ0v) is 26.2. The number of aromatic nitrogens is 3. The predicted octanol–water partition coefficient (Wildman–Crippen LogP) is 4.99. The van der Waals surface area contributed by atoms with E-state index < -0.39 is 38.2 Å². The van der Waals surface area contributed by atoms with Crippen molar-refractivity contribution >= 4 is 72.4 Å². The first-order chi connectivity index (χ1) is 19.8. The molecular weight excluding hydrogens is 621 g/mol. The maximum absolute atomic E-state index is 14.1. The van der Waals surface area contributed by atoms with Crippen molar-refractivity contribution in [2.45, 2.75) is 31.7 Å². The Balaban J connectivity index is 1.56. The second-order valence-corrected chi connectivity index (χ2v) is 15.4. The van der Waals surface area contributed by atoms with Crippen molar-refractivity contribution in [3.05, 3.63) is 70.8 Å². The van der Waals surface area contributed by atoms with Crippen LogP contribution in [0.3, 0.4) is 0 Å². The van der Waals surface area contributed by atoms with E-state index in [9.17, 15) is 22.5 Å². The largest absolute Gasteiger partial charge is 0.480 e. The van der Waals surface area contributed by atoms with Gasteiger partial charge in [0.25, 0.3) is 10.0 Å². The molecule has 14 heteroatoms. The first kappa shape index (κ1) is 30.3. The summed E-state index contributed by atoms with van der Waals surface area (Å²) in [6, 6.07) is 12.9. The fourth-order valence-electron chi connectivity index (χ4n) is 4.99. The van der Waals surface area contributed by atoms with Crippen molar-refractivity contribution in [3.8, 4) is 5.82 Å². The standard InChI is InChI=1S/C28H29Cl2N5O5S2/c1-28(2,3)26(27(36)37)35(42(39,40)22-16-19(29)15-20(30)17-22)21-4-5-23-18(14-21)8-9-34(23)25-7-6-24(31-32-25)33-10-12-41(38)13-11-33/h4-9,14-17,26H,10-13H2,1-3H3,(H,36,37). The molecule has 10 nitrogen and oxygen atoms in total. The number of carboxylic acid groups (broad SMARTS) is 1. The minimum absolute atomic E-state index is 0.110. The van der Waals surface area contributed by atoms with E-state index >= 15 is 0 Å². The van der Waals surface area contributed by atoms with Crippen molar-refractivity contribution in [3.63, 3.8) is 0 Å². The average Bonchev–Trinajstić information content (AvgIpc) is 3.34. The number of benzene rings is 2. The molecule has 1 fully saturated rings. The first-order valence-corrected chi connectivity index (χ1v) is 16.7. The van der Waals surface area contributed by atoms with Crippen LogP contribution in [0.25, 0.3) is 16.7 Å². The van der Waals surface area contributed by atoms with Crippen LogP contribution >= 0.6 is 23.2 Å². The molecule has 1 unspecified atom stereocenters. The molecule has 0 spiro atoms. The Hall–Kier alpha value is -3.19. The molecular formula is C28H29Cl2N5O5S2. The molecule has 42 heavy (non-hydrogen) atoms. The Kier molecular flexibility index (Phi) is 8.27. The molecule has 4 aromatic rings. The van der Waals surface area contributed by atoms with Crippen LogP contribution in [0.2, 0.25) is 10.0 Å². The Bertz CT molecular complexity index is 1760. The second-order valence-electron chi connectivity index (χ2n) is 11.0. The molecule has 0 radical (unpaired) electrons. The van der Waals surface area contributed by atoms with Crippen LogP contribution in [-0.2, 0) is 25.6 Å². The summed E-state index contributed by atoms with van der Waals surface area (Å²) >= 11 is 12.3. The van der Waals surface area contributed by atoms with Gasteiger partial charge in [0.1, 0.15) is 6.04 Å². The number of rotatable bonds is 7. The van der Waals surface area contributed by atoms with Crippen molar-refractivity contribution in [1.29, 1.82) is 0 Å². The predicted molar refractivity (Wildman–Crippen MR) is 166 cm³/mol. The molecule has 1 saturated heterocycles. The minimum Gasteiger partial charge on any atom is -0.480 e. The third kappa shape index (κ3) is 5.98. The van der Waals surface area contributed by atoms with Crippen molar-refractivity contribution in [2.24, 2.45) is 5.41 Å². The Morgan fingerprint density at radius 2 is 1.60 bits per heavy atom. The van der Waals surface area contributed by atoms with E-state index in [1.54, 1.807) is 51.2 Å². The van der Waals surface area contributed by atoms with Gasteiger partial charge in [-0.05, 0) is 60.0 Å². The lowest BCUT2D eigenvalue weighted by Crippen LogP contribution is -2.52. The zero-order valence-electron chi connectivity index (χ0n) is 23.1. The van der Waals surface area contributed by atoms with E-state index in [0.29, 0.717) is 41.6 Å². The number of hydrogen-bond acceptors (Lipinski definition) is 7. The van der Waals surface area contributed by atoms with E-state index in [0.717, 1.165) is 9.82 Å². The molecule has 1 aliphatic rings. The summed E-state index contributed by atoms with van der Waals surface area (Å²) in [6.45, 7) is 6.31. The lowest BCUT2D eigenvalue weighted by Gasteiger charge is -2.37. The number of aliphatic carboxylic acids is 1.